The molecule has 1 aliphatic heterocycles. The average molecular weight is 166 g/mol. The van der Waals surface area contributed by atoms with Crippen LogP contribution in [0.4, 0.5) is 8.78 Å². The van der Waals surface area contributed by atoms with Gasteiger partial charge in [-0.15, -0.1) is 5.16 Å². The molecule has 1 heterocycles. The largest absolute Gasteiger partial charge is 0.468 e. The Morgan fingerprint density at radius 2 is 2.00 bits per heavy atom. The number of halogens is 2. The summed E-state index contributed by atoms with van der Waals surface area (Å²) in [7, 11) is 1.26. The molecule has 1 aliphatic rings. The van der Waals surface area contributed by atoms with E-state index in [9.17, 15) is 8.78 Å². The number of hydrogen-bond donors (Lipinski definition) is 0. The van der Waals surface area contributed by atoms with Crippen LogP contribution in [-0.2, 0) is 4.76 Å². The van der Waals surface area contributed by atoms with Crippen LogP contribution in [0.3, 0.4) is 0 Å². The van der Waals surface area contributed by atoms with Crippen LogP contribution >= 0.6 is 0 Å². The van der Waals surface area contributed by atoms with Crippen LogP contribution < -0.4 is 5.46 Å². The van der Waals surface area contributed by atoms with Crippen molar-refractivity contribution in [3.8, 4) is 0 Å². The first kappa shape index (κ1) is 7.27. The molecule has 0 amide bonds. The van der Waals surface area contributed by atoms with Crippen molar-refractivity contribution in [2.24, 2.45) is 5.16 Å². The minimum atomic E-state index is -0.885. The molecule has 2 nitrogen and oxygen atoms in total. The van der Waals surface area contributed by atoms with Crippen molar-refractivity contribution in [1.82, 2.24) is 0 Å². The third-order valence-corrected chi connectivity index (χ3v) is 1.56. The smallest absolute Gasteiger partial charge is 0.449 e. The summed E-state index contributed by atoms with van der Waals surface area (Å²) in [4.78, 5) is 0. The topological polar surface area (TPSA) is 21.6 Å². The minimum absolute atomic E-state index is 0.490. The van der Waals surface area contributed by atoms with Gasteiger partial charge < -0.3 is 4.76 Å². The predicted molar refractivity (Wildman–Crippen MR) is 40.4 cm³/mol. The molecule has 1 aromatic rings. The van der Waals surface area contributed by atoms with Gasteiger partial charge in [-0.1, -0.05) is 0 Å². The Labute approximate surface area is 68.1 Å². The number of hydrogen-bond acceptors (Lipinski definition) is 2. The molecular formula is C7H3BF2NO. The van der Waals surface area contributed by atoms with E-state index in [-0.39, 0.29) is 0 Å². The Kier molecular flexibility index (Phi) is 1.57. The van der Waals surface area contributed by atoms with E-state index < -0.39 is 11.6 Å². The van der Waals surface area contributed by atoms with Gasteiger partial charge in [0.15, 0.2) is 11.6 Å². The fourth-order valence-corrected chi connectivity index (χ4v) is 0.966. The highest BCUT2D eigenvalue weighted by Gasteiger charge is 2.13. The Morgan fingerprint density at radius 1 is 1.25 bits per heavy atom. The van der Waals surface area contributed by atoms with Gasteiger partial charge in [-0.25, -0.2) is 8.78 Å². The molecule has 5 heteroatoms. The molecule has 0 fully saturated rings. The SMILES string of the molecule is Fc1cc2c(cc1F)C=NO[B]2. The van der Waals surface area contributed by atoms with Crippen molar-refractivity contribution < 1.29 is 13.5 Å². The number of benzene rings is 1. The standard InChI is InChI=1S/C7H3BF2NO/c9-6-1-4-3-11-12-8-5(4)2-7(6)10/h1-3H. The average Bonchev–Trinajstić information content (AvgIpc) is 2.07. The molecule has 59 valence electrons. The van der Waals surface area contributed by atoms with Crippen LogP contribution in [0.5, 0.6) is 0 Å². The second kappa shape index (κ2) is 2.58. The number of fused-ring (bicyclic) bond motifs is 1. The normalized spacial score (nSPS) is 13.2. The summed E-state index contributed by atoms with van der Waals surface area (Å²) in [5.41, 5.74) is 1.00. The van der Waals surface area contributed by atoms with Gasteiger partial charge in [-0.05, 0) is 23.2 Å². The first-order chi connectivity index (χ1) is 5.77. The van der Waals surface area contributed by atoms with Gasteiger partial charge in [-0.2, -0.15) is 0 Å². The molecule has 0 bridgehead atoms. The van der Waals surface area contributed by atoms with Crippen molar-refractivity contribution >= 4 is 19.2 Å². The second-order valence-corrected chi connectivity index (χ2v) is 2.35. The van der Waals surface area contributed by atoms with E-state index in [0.717, 1.165) is 12.1 Å². The van der Waals surface area contributed by atoms with Crippen LogP contribution in [0.25, 0.3) is 0 Å². The summed E-state index contributed by atoms with van der Waals surface area (Å²) in [5, 5.41) is 3.42. The summed E-state index contributed by atoms with van der Waals surface area (Å²) in [6.45, 7) is 0. The van der Waals surface area contributed by atoms with Gasteiger partial charge in [0, 0.05) is 0 Å². The Hall–Kier alpha value is -1.39. The molecule has 0 saturated carbocycles. The summed E-state index contributed by atoms with van der Waals surface area (Å²) in [6, 6.07) is 2.14. The minimum Gasteiger partial charge on any atom is -0.468 e. The molecule has 2 rings (SSSR count). The highest BCUT2D eigenvalue weighted by molar-refractivity contribution is 6.49. The molecule has 0 aliphatic carbocycles. The Morgan fingerprint density at radius 3 is 2.83 bits per heavy atom. The summed E-state index contributed by atoms with van der Waals surface area (Å²) >= 11 is 0. The van der Waals surface area contributed by atoms with Crippen molar-refractivity contribution in [2.45, 2.75) is 0 Å². The summed E-state index contributed by atoms with van der Waals surface area (Å²) < 4.78 is 29.8. The monoisotopic (exact) mass is 166 g/mol. The molecule has 1 aromatic carbocycles. The van der Waals surface area contributed by atoms with E-state index in [0.29, 0.717) is 11.0 Å². The molecule has 12 heavy (non-hydrogen) atoms. The van der Waals surface area contributed by atoms with E-state index in [1.165, 1.54) is 13.7 Å². The summed E-state index contributed by atoms with van der Waals surface area (Å²) in [6.07, 6.45) is 1.33. The fraction of sp³-hybridized carbons (Fsp3) is 0. The summed E-state index contributed by atoms with van der Waals surface area (Å²) in [5.74, 6) is -1.76. The Bertz CT molecular complexity index is 354. The van der Waals surface area contributed by atoms with Crippen LogP contribution in [0.15, 0.2) is 17.3 Å². The van der Waals surface area contributed by atoms with Crippen molar-refractivity contribution in [1.29, 1.82) is 0 Å². The van der Waals surface area contributed by atoms with Gasteiger partial charge >= 0.3 is 7.48 Å². The lowest BCUT2D eigenvalue weighted by Gasteiger charge is -2.07. The van der Waals surface area contributed by atoms with Crippen LogP contribution in [0, 0.1) is 11.6 Å². The third-order valence-electron chi connectivity index (χ3n) is 1.56. The lowest BCUT2D eigenvalue weighted by molar-refractivity contribution is 0.369. The van der Waals surface area contributed by atoms with E-state index >= 15 is 0 Å². The molecule has 0 saturated heterocycles. The van der Waals surface area contributed by atoms with Crippen LogP contribution in [-0.4, -0.2) is 13.7 Å². The van der Waals surface area contributed by atoms with Crippen molar-refractivity contribution in [3.05, 3.63) is 29.3 Å². The van der Waals surface area contributed by atoms with Gasteiger partial charge in [-0.3, -0.25) is 0 Å². The van der Waals surface area contributed by atoms with Crippen molar-refractivity contribution in [2.75, 3.05) is 0 Å². The molecular weight excluding hydrogens is 163 g/mol. The molecule has 0 aromatic heterocycles. The van der Waals surface area contributed by atoms with E-state index in [1.807, 2.05) is 0 Å². The van der Waals surface area contributed by atoms with E-state index in [1.54, 1.807) is 0 Å². The molecule has 0 spiro atoms. The maximum absolute atomic E-state index is 12.6. The third kappa shape index (κ3) is 1.07. The second-order valence-electron chi connectivity index (χ2n) is 2.35. The molecule has 0 unspecified atom stereocenters. The van der Waals surface area contributed by atoms with Gasteiger partial charge in [0.25, 0.3) is 0 Å². The van der Waals surface area contributed by atoms with Crippen molar-refractivity contribution in [3.63, 3.8) is 0 Å². The number of oxime groups is 1. The molecule has 0 atom stereocenters. The highest BCUT2D eigenvalue weighted by atomic mass is 19.2. The Balaban J connectivity index is 2.58. The molecule has 1 radical (unpaired) electrons. The van der Waals surface area contributed by atoms with E-state index in [4.69, 9.17) is 0 Å². The lowest BCUT2D eigenvalue weighted by atomic mass is 9.83. The first-order valence-electron chi connectivity index (χ1n) is 3.29. The zero-order valence-electron chi connectivity index (χ0n) is 5.92. The van der Waals surface area contributed by atoms with Crippen LogP contribution in [0.2, 0.25) is 0 Å². The first-order valence-corrected chi connectivity index (χ1v) is 3.29. The van der Waals surface area contributed by atoms with Gasteiger partial charge in [0.05, 0.1) is 6.21 Å². The van der Waals surface area contributed by atoms with Gasteiger partial charge in [0.1, 0.15) is 0 Å². The zero-order valence-corrected chi connectivity index (χ0v) is 5.92. The van der Waals surface area contributed by atoms with Crippen LogP contribution in [0.1, 0.15) is 5.56 Å². The quantitative estimate of drug-likeness (QED) is 0.516. The molecule has 0 N–H and O–H groups in total. The lowest BCUT2D eigenvalue weighted by Crippen LogP contribution is -2.25. The van der Waals surface area contributed by atoms with Gasteiger partial charge in [0.2, 0.25) is 0 Å². The fourth-order valence-electron chi connectivity index (χ4n) is 0.966. The zero-order chi connectivity index (χ0) is 8.55. The highest BCUT2D eigenvalue weighted by Crippen LogP contribution is 2.06. The maximum Gasteiger partial charge on any atom is 0.449 e. The maximum atomic E-state index is 12.6. The van der Waals surface area contributed by atoms with E-state index in [2.05, 4.69) is 9.91 Å². The predicted octanol–water partition coefficient (Wildman–Crippen LogP) is 0.573. The number of nitrogens with zero attached hydrogens (tertiary/aromatic N) is 1. The number of rotatable bonds is 0.